The van der Waals surface area contributed by atoms with Crippen molar-refractivity contribution in [2.24, 2.45) is 0 Å². The van der Waals surface area contributed by atoms with Gasteiger partial charge in [-0.3, -0.25) is 18.5 Å². The second kappa shape index (κ2) is 15.7. The lowest BCUT2D eigenvalue weighted by Gasteiger charge is -2.42. The number of hydrogen-bond acceptors (Lipinski definition) is 9. The highest BCUT2D eigenvalue weighted by Gasteiger charge is 2.68. The summed E-state index contributed by atoms with van der Waals surface area (Å²) in [5.74, 6) is 0. The van der Waals surface area contributed by atoms with Crippen LogP contribution < -0.4 is 21.6 Å². The minimum atomic E-state index is -4.39. The number of aliphatic hydroxyl groups excluding tert-OH is 1. The maximum absolute atomic E-state index is 14.2. The summed E-state index contributed by atoms with van der Waals surface area (Å²) >= 11 is 0. The van der Waals surface area contributed by atoms with Gasteiger partial charge < -0.3 is 19.3 Å². The number of aryl methyl sites for hydroxylation is 2. The molecule has 1 aromatic heterocycles. The normalized spacial score (nSPS) is 21.8. The highest BCUT2D eigenvalue weighted by molar-refractivity contribution is 7.86. The molecule has 11 nitrogen and oxygen atoms in total. The molecule has 13 heteroatoms. The van der Waals surface area contributed by atoms with Crippen molar-refractivity contribution in [2.75, 3.05) is 13.2 Å². The van der Waals surface area contributed by atoms with Crippen molar-refractivity contribution in [3.63, 3.8) is 0 Å². The van der Waals surface area contributed by atoms with E-state index in [1.165, 1.54) is 22.9 Å². The molecule has 4 aromatic carbocycles. The van der Waals surface area contributed by atoms with E-state index in [-0.39, 0.29) is 23.7 Å². The number of hydrogen-bond donors (Lipinski definition) is 2. The van der Waals surface area contributed by atoms with Gasteiger partial charge in [-0.1, -0.05) is 119 Å². The van der Waals surface area contributed by atoms with E-state index < -0.39 is 65.5 Å². The summed E-state index contributed by atoms with van der Waals surface area (Å²) < 4.78 is 55.2. The van der Waals surface area contributed by atoms with E-state index >= 15 is 0 Å². The Balaban J connectivity index is 1.63. The topological polar surface area (TPSA) is 146 Å². The van der Waals surface area contributed by atoms with Gasteiger partial charge in [0.2, 0.25) is 0 Å². The second-order valence-corrected chi connectivity index (χ2v) is 19.3. The van der Waals surface area contributed by atoms with Crippen LogP contribution in [0.4, 0.5) is 0 Å². The molecule has 1 fully saturated rings. The van der Waals surface area contributed by atoms with Crippen LogP contribution >= 0.6 is 0 Å². The third-order valence-electron chi connectivity index (χ3n) is 9.56. The fourth-order valence-corrected chi connectivity index (χ4v) is 11.7. The fourth-order valence-electron chi connectivity index (χ4n) is 6.85. The first-order valence-electron chi connectivity index (χ1n) is 17.7. The standard InChI is InChI=1S/C41H46N2O9SSi/c1-29-21-23-32(24-22-29)53(47,48)51-28-40(27-50-39(3,4)5)36(49-26-31-15-9-6-10-16-31)35(44)41(52-40,43-25-30(2)37(45)42-38(43)46)54(33-17-11-7-12-18-33)34-19-13-8-14-20-34/h6-25,35-36,44,54H,26-28H2,1-5H3,(H,42,45,46)/t35-,36+,40+,41+/m1/s1. The van der Waals surface area contributed by atoms with Crippen LogP contribution in [0.3, 0.4) is 0 Å². The maximum Gasteiger partial charge on any atom is 0.330 e. The first-order chi connectivity index (χ1) is 25.7. The molecule has 0 amide bonds. The van der Waals surface area contributed by atoms with Crippen molar-refractivity contribution in [2.45, 2.75) is 74.9 Å². The molecule has 0 radical (unpaired) electrons. The van der Waals surface area contributed by atoms with Gasteiger partial charge in [-0.25, -0.2) is 4.79 Å². The molecule has 6 rings (SSSR count). The lowest BCUT2D eigenvalue weighted by Crippen LogP contribution is -2.69. The Morgan fingerprint density at radius 2 is 1.39 bits per heavy atom. The van der Waals surface area contributed by atoms with Crippen LogP contribution in [0.15, 0.2) is 136 Å². The van der Waals surface area contributed by atoms with Crippen molar-refractivity contribution in [1.82, 2.24) is 9.55 Å². The van der Waals surface area contributed by atoms with Crippen molar-refractivity contribution in [3.8, 4) is 0 Å². The van der Waals surface area contributed by atoms with E-state index in [9.17, 15) is 23.1 Å². The summed E-state index contributed by atoms with van der Waals surface area (Å²) in [6.45, 7) is 7.95. The highest BCUT2D eigenvalue weighted by Crippen LogP contribution is 2.46. The van der Waals surface area contributed by atoms with Crippen molar-refractivity contribution in [1.29, 1.82) is 0 Å². The summed E-state index contributed by atoms with van der Waals surface area (Å²) in [5, 5.41) is 12.8. The molecular weight excluding hydrogens is 725 g/mol. The Kier molecular flexibility index (Phi) is 11.4. The largest absolute Gasteiger partial charge is 0.386 e. The molecule has 0 saturated carbocycles. The van der Waals surface area contributed by atoms with Gasteiger partial charge in [-0.2, -0.15) is 8.42 Å². The molecule has 2 N–H and O–H groups in total. The van der Waals surface area contributed by atoms with E-state index in [0.29, 0.717) is 0 Å². The van der Waals surface area contributed by atoms with Crippen LogP contribution in [-0.4, -0.2) is 68.5 Å². The smallest absolute Gasteiger partial charge is 0.330 e. The van der Waals surface area contributed by atoms with Gasteiger partial charge in [0.25, 0.3) is 15.7 Å². The Morgan fingerprint density at radius 3 is 1.94 bits per heavy atom. The minimum Gasteiger partial charge on any atom is -0.386 e. The van der Waals surface area contributed by atoms with Crippen molar-refractivity contribution < 1.29 is 31.9 Å². The van der Waals surface area contributed by atoms with Gasteiger partial charge in [0.05, 0.1) is 23.7 Å². The molecule has 1 aliphatic heterocycles. The summed E-state index contributed by atoms with van der Waals surface area (Å²) in [6.07, 6.45) is -1.60. The van der Waals surface area contributed by atoms with Gasteiger partial charge in [0, 0.05) is 11.8 Å². The predicted octanol–water partition coefficient (Wildman–Crippen LogP) is 3.32. The van der Waals surface area contributed by atoms with Crippen LogP contribution in [0.5, 0.6) is 0 Å². The Morgan fingerprint density at radius 1 is 0.833 bits per heavy atom. The molecule has 0 spiro atoms. The molecule has 5 aromatic rings. The lowest BCUT2D eigenvalue weighted by molar-refractivity contribution is -0.197. The summed E-state index contributed by atoms with van der Waals surface area (Å²) in [7, 11) is -7.47. The average molecular weight is 771 g/mol. The van der Waals surface area contributed by atoms with Crippen LogP contribution in [0.1, 0.15) is 37.5 Å². The minimum absolute atomic E-state index is 0.00751. The zero-order valence-electron chi connectivity index (χ0n) is 31.0. The molecule has 4 atom stereocenters. The second-order valence-electron chi connectivity index (χ2n) is 14.7. The third-order valence-corrected chi connectivity index (χ3v) is 14.5. The van der Waals surface area contributed by atoms with E-state index in [0.717, 1.165) is 21.5 Å². The molecule has 54 heavy (non-hydrogen) atoms. The summed E-state index contributed by atoms with van der Waals surface area (Å²) in [4.78, 5) is 29.4. The Hall–Kier alpha value is -4.47. The average Bonchev–Trinajstić information content (AvgIpc) is 3.39. The molecule has 1 saturated heterocycles. The lowest BCUT2D eigenvalue weighted by atomic mass is 9.96. The zero-order chi connectivity index (χ0) is 38.7. The van der Waals surface area contributed by atoms with E-state index in [1.807, 2.05) is 119 Å². The summed E-state index contributed by atoms with van der Waals surface area (Å²) in [5.41, 5.74) is -2.20. The first-order valence-corrected chi connectivity index (χ1v) is 20.9. The monoisotopic (exact) mass is 770 g/mol. The molecule has 2 heterocycles. The number of aromatic amines is 1. The predicted molar refractivity (Wildman–Crippen MR) is 208 cm³/mol. The number of nitrogens with one attached hydrogen (secondary N) is 1. The molecule has 284 valence electrons. The Labute approximate surface area is 316 Å². The zero-order valence-corrected chi connectivity index (χ0v) is 32.9. The van der Waals surface area contributed by atoms with Gasteiger partial charge in [-0.15, -0.1) is 0 Å². The van der Waals surface area contributed by atoms with Crippen LogP contribution in [0, 0.1) is 13.8 Å². The number of aromatic nitrogens is 2. The van der Waals surface area contributed by atoms with Gasteiger partial charge >= 0.3 is 5.69 Å². The molecular formula is C41H46N2O9SSi. The number of rotatable bonds is 13. The number of nitrogens with zero attached hydrogens (tertiary/aromatic N) is 1. The number of aliphatic hydroxyl groups is 1. The van der Waals surface area contributed by atoms with Crippen LogP contribution in [-0.2, 0) is 40.5 Å². The first kappa shape index (κ1) is 39.2. The molecule has 0 aliphatic carbocycles. The van der Waals surface area contributed by atoms with Crippen LogP contribution in [0.2, 0.25) is 0 Å². The Bertz CT molecular complexity index is 2220. The van der Waals surface area contributed by atoms with Gasteiger partial charge in [-0.05, 0) is 52.3 Å². The van der Waals surface area contributed by atoms with Gasteiger partial charge in [0.15, 0.2) is 14.1 Å². The van der Waals surface area contributed by atoms with E-state index in [2.05, 4.69) is 4.98 Å². The molecule has 0 unspecified atom stereocenters. The third kappa shape index (κ3) is 8.13. The number of benzene rings is 4. The fraction of sp³-hybridized carbons (Fsp3) is 0.317. The van der Waals surface area contributed by atoms with Crippen molar-refractivity contribution in [3.05, 3.63) is 159 Å². The number of H-pyrrole nitrogens is 1. The maximum atomic E-state index is 14.2. The van der Waals surface area contributed by atoms with E-state index in [4.69, 9.17) is 18.4 Å². The SMILES string of the molecule is Cc1ccc(S(=O)(=O)OC[C@]2(COC(C)(C)C)O[C@](n3cc(C)c(=O)[nH]c3=O)([SiH](c3ccccc3)c3ccccc3)[C@H](O)[C@@H]2OCc2ccccc2)cc1. The van der Waals surface area contributed by atoms with E-state index in [1.54, 1.807) is 19.1 Å². The molecule has 1 aliphatic rings. The highest BCUT2D eigenvalue weighted by atomic mass is 32.2. The summed E-state index contributed by atoms with van der Waals surface area (Å²) in [6, 6.07) is 34.4. The van der Waals surface area contributed by atoms with Gasteiger partial charge in [0.1, 0.15) is 24.4 Å². The quantitative estimate of drug-likeness (QED) is 0.136. The number of ether oxygens (including phenoxy) is 3. The molecule has 0 bridgehead atoms. The van der Waals surface area contributed by atoms with Crippen molar-refractivity contribution >= 4 is 29.3 Å². The van der Waals surface area contributed by atoms with Crippen LogP contribution in [0.25, 0.3) is 0 Å².